The number of fused-ring (bicyclic) bond motifs is 3. The summed E-state index contributed by atoms with van der Waals surface area (Å²) in [5.74, 6) is 1.86. The molecule has 4 nitrogen and oxygen atoms in total. The first-order chi connectivity index (χ1) is 12.4. The van der Waals surface area contributed by atoms with Crippen LogP contribution in [-0.4, -0.2) is 26.8 Å². The molecular weight excluding hydrogens is 328 g/mol. The Morgan fingerprint density at radius 2 is 1.96 bits per heavy atom. The van der Waals surface area contributed by atoms with E-state index in [1.165, 1.54) is 18.2 Å². The van der Waals surface area contributed by atoms with Crippen LogP contribution in [0.25, 0.3) is 0 Å². The minimum Gasteiger partial charge on any atom is -0.493 e. The Bertz CT molecular complexity index is 683. The summed E-state index contributed by atoms with van der Waals surface area (Å²) < 4.78 is 16.7. The van der Waals surface area contributed by atoms with E-state index in [2.05, 4.69) is 32.9 Å². The lowest BCUT2D eigenvalue weighted by Crippen LogP contribution is -2.52. The van der Waals surface area contributed by atoms with Crippen LogP contribution < -0.4 is 9.47 Å². The van der Waals surface area contributed by atoms with E-state index < -0.39 is 5.41 Å². The van der Waals surface area contributed by atoms with Crippen molar-refractivity contribution >= 4 is 5.97 Å². The van der Waals surface area contributed by atoms with Gasteiger partial charge in [-0.05, 0) is 73.6 Å². The number of ether oxygens (including phenoxy) is 3. The minimum atomic E-state index is -0.413. The maximum Gasteiger partial charge on any atom is 0.311 e. The molecule has 1 saturated carbocycles. The Balaban J connectivity index is 2.05. The average Bonchev–Trinajstić information content (AvgIpc) is 2.64. The SMILES string of the molecule is CCCOc1cc2c(cc1OC)[C@@]1(C)CCC[C@](C)(C(=O)OC)[C@@H]1CC2. The van der Waals surface area contributed by atoms with Gasteiger partial charge in [-0.1, -0.05) is 20.3 Å². The van der Waals surface area contributed by atoms with Crippen LogP contribution in [0, 0.1) is 11.3 Å². The highest BCUT2D eigenvalue weighted by Crippen LogP contribution is 2.58. The number of aryl methyl sites for hydroxylation is 1. The number of methoxy groups -OCH3 is 2. The molecule has 2 aliphatic carbocycles. The van der Waals surface area contributed by atoms with Crippen molar-refractivity contribution in [1.82, 2.24) is 0 Å². The molecule has 144 valence electrons. The molecule has 0 unspecified atom stereocenters. The summed E-state index contributed by atoms with van der Waals surface area (Å²) in [6.07, 6.45) is 5.98. The second-order valence-electron chi connectivity index (χ2n) is 8.28. The van der Waals surface area contributed by atoms with Gasteiger partial charge in [0.1, 0.15) is 0 Å². The van der Waals surface area contributed by atoms with Crippen molar-refractivity contribution in [2.45, 2.75) is 64.7 Å². The molecule has 0 amide bonds. The molecule has 1 fully saturated rings. The fourth-order valence-electron chi connectivity index (χ4n) is 5.44. The van der Waals surface area contributed by atoms with Crippen LogP contribution >= 0.6 is 0 Å². The van der Waals surface area contributed by atoms with Gasteiger partial charge in [-0.2, -0.15) is 0 Å². The third-order valence-corrected chi connectivity index (χ3v) is 6.75. The van der Waals surface area contributed by atoms with E-state index in [0.717, 1.165) is 50.0 Å². The fraction of sp³-hybridized carbons (Fsp3) is 0.682. The smallest absolute Gasteiger partial charge is 0.311 e. The van der Waals surface area contributed by atoms with E-state index in [9.17, 15) is 4.79 Å². The van der Waals surface area contributed by atoms with Gasteiger partial charge < -0.3 is 14.2 Å². The zero-order chi connectivity index (χ0) is 18.9. The molecule has 0 spiro atoms. The van der Waals surface area contributed by atoms with E-state index >= 15 is 0 Å². The average molecular weight is 360 g/mol. The van der Waals surface area contributed by atoms with Crippen LogP contribution in [0.5, 0.6) is 11.5 Å². The number of hydrogen-bond donors (Lipinski definition) is 0. The summed E-state index contributed by atoms with van der Waals surface area (Å²) in [6.45, 7) is 7.21. The summed E-state index contributed by atoms with van der Waals surface area (Å²) in [4.78, 5) is 12.6. The zero-order valence-electron chi connectivity index (χ0n) is 16.8. The van der Waals surface area contributed by atoms with Crippen molar-refractivity contribution in [3.05, 3.63) is 23.3 Å². The summed E-state index contributed by atoms with van der Waals surface area (Å²) in [6, 6.07) is 4.32. The number of rotatable bonds is 5. The topological polar surface area (TPSA) is 44.8 Å². The minimum absolute atomic E-state index is 0.0364. The molecular formula is C22H32O4. The molecule has 3 atom stereocenters. The van der Waals surface area contributed by atoms with Gasteiger partial charge in [0.15, 0.2) is 11.5 Å². The van der Waals surface area contributed by atoms with Crippen LogP contribution in [0.2, 0.25) is 0 Å². The molecule has 1 aromatic rings. The summed E-state index contributed by atoms with van der Waals surface area (Å²) in [5.41, 5.74) is 2.21. The van der Waals surface area contributed by atoms with Gasteiger partial charge in [-0.25, -0.2) is 0 Å². The molecule has 1 aromatic carbocycles. The van der Waals surface area contributed by atoms with Gasteiger partial charge >= 0.3 is 5.97 Å². The maximum atomic E-state index is 12.6. The fourth-order valence-corrected chi connectivity index (χ4v) is 5.44. The van der Waals surface area contributed by atoms with Crippen molar-refractivity contribution in [3.8, 4) is 11.5 Å². The summed E-state index contributed by atoms with van der Waals surface area (Å²) in [5, 5.41) is 0. The Morgan fingerprint density at radius 3 is 2.62 bits per heavy atom. The Morgan fingerprint density at radius 1 is 1.19 bits per heavy atom. The molecule has 3 rings (SSSR count). The van der Waals surface area contributed by atoms with E-state index in [-0.39, 0.29) is 17.3 Å². The first-order valence-electron chi connectivity index (χ1n) is 9.83. The highest BCUT2D eigenvalue weighted by atomic mass is 16.5. The molecule has 4 heteroatoms. The van der Waals surface area contributed by atoms with Crippen LogP contribution in [0.4, 0.5) is 0 Å². The number of hydrogen-bond acceptors (Lipinski definition) is 4. The van der Waals surface area contributed by atoms with E-state index in [0.29, 0.717) is 6.61 Å². The van der Waals surface area contributed by atoms with Gasteiger partial charge in [0.2, 0.25) is 0 Å². The lowest BCUT2D eigenvalue weighted by molar-refractivity contribution is -0.161. The molecule has 0 bridgehead atoms. The molecule has 0 N–H and O–H groups in total. The third-order valence-electron chi connectivity index (χ3n) is 6.75. The Hall–Kier alpha value is -1.71. The van der Waals surface area contributed by atoms with Crippen molar-refractivity contribution in [2.24, 2.45) is 11.3 Å². The number of esters is 1. The molecule has 0 radical (unpaired) electrons. The third kappa shape index (κ3) is 2.87. The lowest BCUT2D eigenvalue weighted by atomic mass is 9.50. The van der Waals surface area contributed by atoms with Crippen LogP contribution in [0.15, 0.2) is 12.1 Å². The highest BCUT2D eigenvalue weighted by Gasteiger charge is 2.55. The maximum absolute atomic E-state index is 12.6. The predicted octanol–water partition coefficient (Wildman–Crippen LogP) is 4.67. The monoisotopic (exact) mass is 360 g/mol. The molecule has 26 heavy (non-hydrogen) atoms. The van der Waals surface area contributed by atoms with Gasteiger partial charge in [0.25, 0.3) is 0 Å². The largest absolute Gasteiger partial charge is 0.493 e. The zero-order valence-corrected chi connectivity index (χ0v) is 16.8. The van der Waals surface area contributed by atoms with Crippen LogP contribution in [0.1, 0.15) is 64.0 Å². The first-order valence-corrected chi connectivity index (χ1v) is 9.83. The van der Waals surface area contributed by atoms with Crippen molar-refractivity contribution < 1.29 is 19.0 Å². The predicted molar refractivity (Wildman–Crippen MR) is 102 cm³/mol. The Labute approximate surface area is 157 Å². The number of carbonyl (C=O) groups is 1. The van der Waals surface area contributed by atoms with Gasteiger partial charge in [-0.15, -0.1) is 0 Å². The Kier molecular flexibility index (Phi) is 5.23. The molecule has 0 aromatic heterocycles. The summed E-state index contributed by atoms with van der Waals surface area (Å²) >= 11 is 0. The highest BCUT2D eigenvalue weighted by molar-refractivity contribution is 5.77. The summed E-state index contributed by atoms with van der Waals surface area (Å²) in [7, 11) is 3.21. The van der Waals surface area contributed by atoms with Crippen molar-refractivity contribution in [2.75, 3.05) is 20.8 Å². The molecule has 0 aliphatic heterocycles. The normalized spacial score (nSPS) is 30.1. The quantitative estimate of drug-likeness (QED) is 0.716. The standard InChI is InChI=1S/C22H32O4/c1-6-12-26-18-13-15-8-9-19-21(2,16(15)14-17(18)24-4)10-7-11-22(19,3)20(23)25-5/h13-14,19H,6-12H2,1-5H3/t19-,21-,22+/m1/s1. The van der Waals surface area contributed by atoms with Crippen molar-refractivity contribution in [1.29, 1.82) is 0 Å². The second kappa shape index (κ2) is 7.13. The van der Waals surface area contributed by atoms with Gasteiger partial charge in [0.05, 0.1) is 26.2 Å². The second-order valence-corrected chi connectivity index (χ2v) is 8.28. The van der Waals surface area contributed by atoms with Gasteiger partial charge in [0, 0.05) is 0 Å². The van der Waals surface area contributed by atoms with E-state index in [1.807, 2.05) is 0 Å². The van der Waals surface area contributed by atoms with E-state index in [4.69, 9.17) is 14.2 Å². The number of benzene rings is 1. The van der Waals surface area contributed by atoms with Crippen molar-refractivity contribution in [3.63, 3.8) is 0 Å². The molecule has 0 saturated heterocycles. The molecule has 2 aliphatic rings. The molecule has 0 heterocycles. The van der Waals surface area contributed by atoms with Crippen LogP contribution in [0.3, 0.4) is 0 Å². The first kappa shape index (κ1) is 19.1. The lowest BCUT2D eigenvalue weighted by Gasteiger charge is -2.54. The van der Waals surface area contributed by atoms with Crippen LogP contribution in [-0.2, 0) is 21.4 Å². The van der Waals surface area contributed by atoms with Gasteiger partial charge in [-0.3, -0.25) is 4.79 Å². The van der Waals surface area contributed by atoms with E-state index in [1.54, 1.807) is 7.11 Å². The number of carbonyl (C=O) groups excluding carboxylic acids is 1.